The minimum Gasteiger partial charge on any atom is -0.465 e. The number of benzene rings is 1. The Bertz CT molecular complexity index is 533. The number of carbonyl (C=O) groups excluding carboxylic acids is 1. The summed E-state index contributed by atoms with van der Waals surface area (Å²) in [5.74, 6) is 0.180. The van der Waals surface area contributed by atoms with Gasteiger partial charge in [-0.2, -0.15) is 0 Å². The van der Waals surface area contributed by atoms with E-state index >= 15 is 0 Å². The van der Waals surface area contributed by atoms with Crippen LogP contribution in [0, 0.1) is 17.7 Å². The molecule has 3 N–H and O–H groups in total. The van der Waals surface area contributed by atoms with Crippen LogP contribution in [0.3, 0.4) is 0 Å². The van der Waals surface area contributed by atoms with Crippen molar-refractivity contribution in [2.45, 2.75) is 39.2 Å². The van der Waals surface area contributed by atoms with Crippen molar-refractivity contribution >= 4 is 17.3 Å². The lowest BCUT2D eigenvalue weighted by atomic mass is 9.80. The molecule has 1 saturated carbocycles. The lowest BCUT2D eigenvalue weighted by Gasteiger charge is -2.34. The summed E-state index contributed by atoms with van der Waals surface area (Å²) in [6, 6.07) is 2.83. The SMILES string of the molecule is COC(=O)c1cc(NC2CCC(C)CC2C)c(F)cc1N. The number of rotatable bonds is 3. The first-order valence-electron chi connectivity index (χ1n) is 7.36. The minimum absolute atomic E-state index is 0.0928. The summed E-state index contributed by atoms with van der Waals surface area (Å²) in [6.07, 6.45) is 3.25. The van der Waals surface area contributed by atoms with E-state index in [4.69, 9.17) is 5.73 Å². The maximum atomic E-state index is 14.1. The van der Waals surface area contributed by atoms with Crippen molar-refractivity contribution in [1.82, 2.24) is 0 Å². The Morgan fingerprint density at radius 1 is 1.38 bits per heavy atom. The van der Waals surface area contributed by atoms with Crippen molar-refractivity contribution in [3.8, 4) is 0 Å². The standard InChI is InChI=1S/C16H23FN2O2/c1-9-4-5-14(10(2)6-9)19-15-7-11(16(20)21-3)13(18)8-12(15)17/h7-10,14,19H,4-6,18H2,1-3H3. The van der Waals surface area contributed by atoms with Crippen LogP contribution in [-0.4, -0.2) is 19.1 Å². The largest absolute Gasteiger partial charge is 0.465 e. The molecule has 0 heterocycles. The summed E-state index contributed by atoms with van der Waals surface area (Å²) in [6.45, 7) is 4.41. The van der Waals surface area contributed by atoms with E-state index < -0.39 is 11.8 Å². The van der Waals surface area contributed by atoms with Crippen molar-refractivity contribution in [3.05, 3.63) is 23.5 Å². The second-order valence-electron chi connectivity index (χ2n) is 6.06. The van der Waals surface area contributed by atoms with Crippen molar-refractivity contribution in [1.29, 1.82) is 0 Å². The molecular weight excluding hydrogens is 271 g/mol. The number of halogens is 1. The third-order valence-electron chi connectivity index (χ3n) is 4.32. The molecule has 1 aromatic rings. The first-order valence-corrected chi connectivity index (χ1v) is 7.36. The van der Waals surface area contributed by atoms with Crippen molar-refractivity contribution in [2.24, 2.45) is 11.8 Å². The Morgan fingerprint density at radius 3 is 2.71 bits per heavy atom. The summed E-state index contributed by atoms with van der Waals surface area (Å²) in [5, 5.41) is 3.23. The number of carbonyl (C=O) groups is 1. The highest BCUT2D eigenvalue weighted by Crippen LogP contribution is 2.32. The van der Waals surface area contributed by atoms with Crippen LogP contribution in [0.5, 0.6) is 0 Å². The van der Waals surface area contributed by atoms with Crippen molar-refractivity contribution in [2.75, 3.05) is 18.2 Å². The quantitative estimate of drug-likeness (QED) is 0.662. The first kappa shape index (κ1) is 15.6. The molecule has 0 spiro atoms. The Morgan fingerprint density at radius 2 is 2.10 bits per heavy atom. The molecule has 0 radical (unpaired) electrons. The summed E-state index contributed by atoms with van der Waals surface area (Å²) in [4.78, 5) is 11.6. The minimum atomic E-state index is -0.555. The molecule has 0 aliphatic heterocycles. The van der Waals surface area contributed by atoms with Crippen LogP contribution in [0.2, 0.25) is 0 Å². The number of ether oxygens (including phenoxy) is 1. The first-order chi connectivity index (χ1) is 9.92. The number of methoxy groups -OCH3 is 1. The van der Waals surface area contributed by atoms with Crippen LogP contribution in [-0.2, 0) is 4.74 Å². The molecule has 1 aliphatic carbocycles. The summed E-state index contributed by atoms with van der Waals surface area (Å²) in [7, 11) is 1.28. The summed E-state index contributed by atoms with van der Waals surface area (Å²) in [5.41, 5.74) is 6.28. The van der Waals surface area contributed by atoms with Crippen molar-refractivity contribution in [3.63, 3.8) is 0 Å². The van der Waals surface area contributed by atoms with Gasteiger partial charge in [-0.15, -0.1) is 0 Å². The highest BCUT2D eigenvalue weighted by Gasteiger charge is 2.26. The predicted octanol–water partition coefficient (Wildman–Crippen LogP) is 3.43. The predicted molar refractivity (Wildman–Crippen MR) is 81.7 cm³/mol. The maximum Gasteiger partial charge on any atom is 0.340 e. The average molecular weight is 294 g/mol. The Balaban J connectivity index is 2.21. The summed E-state index contributed by atoms with van der Waals surface area (Å²) < 4.78 is 18.7. The van der Waals surface area contributed by atoms with E-state index in [1.807, 2.05) is 0 Å². The number of hydrogen-bond donors (Lipinski definition) is 2. The van der Waals surface area contributed by atoms with Crippen LogP contribution in [0.1, 0.15) is 43.5 Å². The Hall–Kier alpha value is -1.78. The zero-order valence-electron chi connectivity index (χ0n) is 12.8. The molecule has 0 amide bonds. The fourth-order valence-electron chi connectivity index (χ4n) is 3.07. The second kappa shape index (κ2) is 6.33. The fourth-order valence-corrected chi connectivity index (χ4v) is 3.07. The van der Waals surface area contributed by atoms with Gasteiger partial charge < -0.3 is 15.8 Å². The van der Waals surface area contributed by atoms with E-state index in [-0.39, 0.29) is 17.3 Å². The van der Waals surface area contributed by atoms with E-state index in [0.29, 0.717) is 17.5 Å². The molecule has 0 bridgehead atoms. The van der Waals surface area contributed by atoms with E-state index in [2.05, 4.69) is 23.9 Å². The van der Waals surface area contributed by atoms with Gasteiger partial charge in [0.25, 0.3) is 0 Å². The number of nitrogens with two attached hydrogens (primary N) is 1. The molecule has 3 unspecified atom stereocenters. The monoisotopic (exact) mass is 294 g/mol. The third-order valence-corrected chi connectivity index (χ3v) is 4.32. The number of anilines is 2. The van der Waals surface area contributed by atoms with Crippen LogP contribution in [0.15, 0.2) is 12.1 Å². The summed E-state index contributed by atoms with van der Waals surface area (Å²) >= 11 is 0. The fraction of sp³-hybridized carbons (Fsp3) is 0.562. The van der Waals surface area contributed by atoms with Gasteiger partial charge in [0, 0.05) is 11.7 Å². The lowest BCUT2D eigenvalue weighted by Crippen LogP contribution is -2.33. The number of esters is 1. The maximum absolute atomic E-state index is 14.1. The van der Waals surface area contributed by atoms with Gasteiger partial charge in [0.15, 0.2) is 0 Å². The van der Waals surface area contributed by atoms with E-state index in [1.54, 1.807) is 0 Å². The molecule has 21 heavy (non-hydrogen) atoms. The van der Waals surface area contributed by atoms with Gasteiger partial charge in [-0.1, -0.05) is 13.8 Å². The second-order valence-corrected chi connectivity index (χ2v) is 6.06. The van der Waals surface area contributed by atoms with Gasteiger partial charge in [0.05, 0.1) is 18.4 Å². The molecule has 3 atom stereocenters. The lowest BCUT2D eigenvalue weighted by molar-refractivity contribution is 0.0602. The van der Waals surface area contributed by atoms with Crippen LogP contribution < -0.4 is 11.1 Å². The van der Waals surface area contributed by atoms with E-state index in [9.17, 15) is 9.18 Å². The van der Waals surface area contributed by atoms with Gasteiger partial charge in [-0.25, -0.2) is 9.18 Å². The number of nitrogens with one attached hydrogen (secondary N) is 1. The normalized spacial score (nSPS) is 25.4. The zero-order valence-corrected chi connectivity index (χ0v) is 12.8. The van der Waals surface area contributed by atoms with Gasteiger partial charge in [-0.05, 0) is 43.2 Å². The topological polar surface area (TPSA) is 64.3 Å². The smallest absolute Gasteiger partial charge is 0.340 e. The molecule has 1 aromatic carbocycles. The zero-order chi connectivity index (χ0) is 15.6. The van der Waals surface area contributed by atoms with Crippen LogP contribution >= 0.6 is 0 Å². The number of hydrogen-bond acceptors (Lipinski definition) is 4. The third kappa shape index (κ3) is 3.46. The molecule has 1 aliphatic rings. The van der Waals surface area contributed by atoms with Gasteiger partial charge in [0.2, 0.25) is 0 Å². The van der Waals surface area contributed by atoms with Gasteiger partial charge in [-0.3, -0.25) is 0 Å². The van der Waals surface area contributed by atoms with Gasteiger partial charge >= 0.3 is 5.97 Å². The average Bonchev–Trinajstić information content (AvgIpc) is 2.43. The highest BCUT2D eigenvalue weighted by molar-refractivity contribution is 5.96. The van der Waals surface area contributed by atoms with Crippen molar-refractivity contribution < 1.29 is 13.9 Å². The van der Waals surface area contributed by atoms with Crippen LogP contribution in [0.25, 0.3) is 0 Å². The van der Waals surface area contributed by atoms with Crippen LogP contribution in [0.4, 0.5) is 15.8 Å². The Kier molecular flexibility index (Phi) is 4.70. The molecule has 2 rings (SSSR count). The molecule has 116 valence electrons. The highest BCUT2D eigenvalue weighted by atomic mass is 19.1. The van der Waals surface area contributed by atoms with E-state index in [0.717, 1.165) is 19.3 Å². The molecular formula is C16H23FN2O2. The molecule has 0 saturated heterocycles. The molecule has 5 heteroatoms. The molecule has 1 fully saturated rings. The van der Waals surface area contributed by atoms with E-state index in [1.165, 1.54) is 19.2 Å². The van der Waals surface area contributed by atoms with Gasteiger partial charge in [0.1, 0.15) is 5.82 Å². The molecule has 0 aromatic heterocycles. The number of nitrogen functional groups attached to an aromatic ring is 1. The Labute approximate surface area is 124 Å². The molecule has 4 nitrogen and oxygen atoms in total.